The Morgan fingerprint density at radius 2 is 2.12 bits per heavy atom. The van der Waals surface area contributed by atoms with Crippen LogP contribution in [0.2, 0.25) is 0 Å². The van der Waals surface area contributed by atoms with Gasteiger partial charge in [-0.1, -0.05) is 37.1 Å². The fourth-order valence-electron chi connectivity index (χ4n) is 2.48. The third kappa shape index (κ3) is 2.53. The molecule has 1 saturated heterocycles. The number of aliphatic hydroxyl groups is 1. The lowest BCUT2D eigenvalue weighted by Gasteiger charge is -2.39. The molecule has 1 aliphatic heterocycles. The summed E-state index contributed by atoms with van der Waals surface area (Å²) in [6, 6.07) is 0. The van der Waals surface area contributed by atoms with E-state index in [9.17, 15) is 5.11 Å². The van der Waals surface area contributed by atoms with Crippen LogP contribution in [0.1, 0.15) is 26.2 Å². The quantitative estimate of drug-likeness (QED) is 0.749. The fraction of sp³-hybridized carbons (Fsp3) is 0.692. The molecule has 0 amide bonds. The molecule has 16 heavy (non-hydrogen) atoms. The first kappa shape index (κ1) is 12.2. The third-order valence-electron chi connectivity index (χ3n) is 3.61. The van der Waals surface area contributed by atoms with Crippen LogP contribution in [0.25, 0.3) is 0 Å². The van der Waals surface area contributed by atoms with Gasteiger partial charge in [-0.05, 0) is 37.0 Å². The molecule has 2 aliphatic rings. The van der Waals surface area contributed by atoms with Crippen molar-refractivity contribution in [3.05, 3.63) is 23.8 Å². The Morgan fingerprint density at radius 1 is 1.44 bits per heavy atom. The molecule has 0 aromatic carbocycles. The SMILES string of the molecule is CSN1CCC(O)(C2=CC(C)CC=C2)CC1. The Morgan fingerprint density at radius 3 is 2.69 bits per heavy atom. The molecular formula is C13H21NOS. The summed E-state index contributed by atoms with van der Waals surface area (Å²) in [4.78, 5) is 0. The number of hydrogen-bond acceptors (Lipinski definition) is 3. The number of piperidine rings is 1. The lowest BCUT2D eigenvalue weighted by atomic mass is 9.80. The van der Waals surface area contributed by atoms with E-state index in [-0.39, 0.29) is 0 Å². The van der Waals surface area contributed by atoms with E-state index in [1.807, 2.05) is 0 Å². The molecule has 1 unspecified atom stereocenters. The first-order valence-electron chi connectivity index (χ1n) is 6.04. The minimum Gasteiger partial charge on any atom is -0.385 e. The number of rotatable bonds is 2. The maximum atomic E-state index is 10.7. The maximum absolute atomic E-state index is 10.7. The molecule has 1 N–H and O–H groups in total. The van der Waals surface area contributed by atoms with Gasteiger partial charge in [-0.25, -0.2) is 0 Å². The van der Waals surface area contributed by atoms with Gasteiger partial charge >= 0.3 is 0 Å². The van der Waals surface area contributed by atoms with Gasteiger partial charge in [-0.15, -0.1) is 0 Å². The standard InChI is InChI=1S/C13H21NOS/c1-11-4-3-5-12(10-11)13(15)6-8-14(16-2)9-7-13/h3,5,10-11,15H,4,6-9H2,1-2H3. The van der Waals surface area contributed by atoms with Crippen molar-refractivity contribution in [1.29, 1.82) is 0 Å². The Balaban J connectivity index is 2.06. The molecule has 1 atom stereocenters. The second kappa shape index (κ2) is 4.94. The summed E-state index contributed by atoms with van der Waals surface area (Å²) in [6.07, 6.45) is 11.5. The van der Waals surface area contributed by atoms with Crippen molar-refractivity contribution in [2.45, 2.75) is 31.8 Å². The van der Waals surface area contributed by atoms with E-state index in [1.165, 1.54) is 0 Å². The molecule has 90 valence electrons. The summed E-state index contributed by atoms with van der Waals surface area (Å²) in [7, 11) is 0. The van der Waals surface area contributed by atoms with Gasteiger partial charge in [0.2, 0.25) is 0 Å². The summed E-state index contributed by atoms with van der Waals surface area (Å²) in [5, 5.41) is 10.7. The molecule has 0 bridgehead atoms. The molecule has 2 nitrogen and oxygen atoms in total. The van der Waals surface area contributed by atoms with Crippen molar-refractivity contribution >= 4 is 11.9 Å². The Hall–Kier alpha value is -0.250. The second-order valence-electron chi connectivity index (χ2n) is 4.88. The number of nitrogens with zero attached hydrogens (tertiary/aromatic N) is 1. The lowest BCUT2D eigenvalue weighted by Crippen LogP contribution is -2.43. The molecule has 0 spiro atoms. The average Bonchev–Trinajstić information content (AvgIpc) is 2.30. The monoisotopic (exact) mass is 239 g/mol. The van der Waals surface area contributed by atoms with Gasteiger partial charge < -0.3 is 5.11 Å². The zero-order valence-electron chi connectivity index (χ0n) is 10.1. The van der Waals surface area contributed by atoms with Crippen LogP contribution in [0, 0.1) is 5.92 Å². The summed E-state index contributed by atoms with van der Waals surface area (Å²) in [6.45, 7) is 4.18. The van der Waals surface area contributed by atoms with Crippen LogP contribution in [0.5, 0.6) is 0 Å². The minimum atomic E-state index is -0.572. The van der Waals surface area contributed by atoms with E-state index >= 15 is 0 Å². The molecule has 0 aromatic rings. The van der Waals surface area contributed by atoms with E-state index < -0.39 is 5.60 Å². The van der Waals surface area contributed by atoms with Crippen molar-refractivity contribution in [3.8, 4) is 0 Å². The average molecular weight is 239 g/mol. The van der Waals surface area contributed by atoms with Gasteiger partial charge in [0.25, 0.3) is 0 Å². The minimum absolute atomic E-state index is 0.572. The van der Waals surface area contributed by atoms with Crippen molar-refractivity contribution in [2.24, 2.45) is 5.92 Å². The zero-order valence-corrected chi connectivity index (χ0v) is 11.0. The van der Waals surface area contributed by atoms with Gasteiger partial charge in [-0.3, -0.25) is 4.31 Å². The first-order valence-corrected chi connectivity index (χ1v) is 7.22. The molecule has 1 heterocycles. The van der Waals surface area contributed by atoms with E-state index in [4.69, 9.17) is 0 Å². The third-order valence-corrected chi connectivity index (χ3v) is 4.50. The van der Waals surface area contributed by atoms with Crippen LogP contribution >= 0.6 is 11.9 Å². The van der Waals surface area contributed by atoms with E-state index in [2.05, 4.69) is 35.7 Å². The van der Waals surface area contributed by atoms with Gasteiger partial charge in [0.1, 0.15) is 0 Å². The van der Waals surface area contributed by atoms with E-state index in [1.54, 1.807) is 11.9 Å². The van der Waals surface area contributed by atoms with Gasteiger partial charge in [-0.2, -0.15) is 0 Å². The number of allylic oxidation sites excluding steroid dienone is 2. The predicted molar refractivity (Wildman–Crippen MR) is 70.3 cm³/mol. The predicted octanol–water partition coefficient (Wildman–Crippen LogP) is 2.61. The van der Waals surface area contributed by atoms with Crippen LogP contribution < -0.4 is 0 Å². The summed E-state index contributed by atoms with van der Waals surface area (Å²) < 4.78 is 2.32. The summed E-state index contributed by atoms with van der Waals surface area (Å²) in [5.74, 6) is 0.572. The Kier molecular flexibility index (Phi) is 3.77. The summed E-state index contributed by atoms with van der Waals surface area (Å²) >= 11 is 1.78. The summed E-state index contributed by atoms with van der Waals surface area (Å²) in [5.41, 5.74) is 0.573. The van der Waals surface area contributed by atoms with Gasteiger partial charge in [0.05, 0.1) is 5.60 Å². The highest BCUT2D eigenvalue weighted by molar-refractivity contribution is 7.96. The van der Waals surface area contributed by atoms with Crippen LogP contribution in [0.4, 0.5) is 0 Å². The maximum Gasteiger partial charge on any atom is 0.0918 e. The largest absolute Gasteiger partial charge is 0.385 e. The highest BCUT2D eigenvalue weighted by Crippen LogP contribution is 2.34. The number of hydrogen-bond donors (Lipinski definition) is 1. The van der Waals surface area contributed by atoms with Crippen LogP contribution in [-0.4, -0.2) is 34.4 Å². The highest BCUT2D eigenvalue weighted by atomic mass is 32.2. The molecule has 0 radical (unpaired) electrons. The van der Waals surface area contributed by atoms with Crippen molar-refractivity contribution in [3.63, 3.8) is 0 Å². The van der Waals surface area contributed by atoms with Gasteiger partial charge in [0, 0.05) is 13.1 Å². The highest BCUT2D eigenvalue weighted by Gasteiger charge is 2.35. The van der Waals surface area contributed by atoms with Crippen molar-refractivity contribution in [2.75, 3.05) is 19.3 Å². The van der Waals surface area contributed by atoms with Crippen LogP contribution in [-0.2, 0) is 0 Å². The topological polar surface area (TPSA) is 23.5 Å². The smallest absolute Gasteiger partial charge is 0.0918 e. The molecular weight excluding hydrogens is 218 g/mol. The molecule has 1 aliphatic carbocycles. The fourth-order valence-corrected chi connectivity index (χ4v) is 3.03. The van der Waals surface area contributed by atoms with Gasteiger partial charge in [0.15, 0.2) is 0 Å². The Labute approximate surface area is 103 Å². The first-order chi connectivity index (χ1) is 7.64. The van der Waals surface area contributed by atoms with E-state index in [0.717, 1.165) is 37.9 Å². The van der Waals surface area contributed by atoms with Crippen molar-refractivity contribution < 1.29 is 5.11 Å². The molecule has 3 heteroatoms. The normalized spacial score (nSPS) is 30.2. The molecule has 0 aromatic heterocycles. The van der Waals surface area contributed by atoms with Crippen molar-refractivity contribution in [1.82, 2.24) is 4.31 Å². The van der Waals surface area contributed by atoms with Crippen LogP contribution in [0.3, 0.4) is 0 Å². The zero-order chi connectivity index (χ0) is 11.6. The molecule has 0 saturated carbocycles. The van der Waals surface area contributed by atoms with E-state index in [0.29, 0.717) is 5.92 Å². The second-order valence-corrected chi connectivity index (χ2v) is 5.76. The van der Waals surface area contributed by atoms with Crippen LogP contribution in [0.15, 0.2) is 23.8 Å². The lowest BCUT2D eigenvalue weighted by molar-refractivity contribution is 0.0331. The Bertz CT molecular complexity index is 303. The molecule has 1 fully saturated rings. The molecule has 2 rings (SSSR count).